The lowest BCUT2D eigenvalue weighted by Gasteiger charge is -2.11. The molecule has 0 aliphatic heterocycles. The van der Waals surface area contributed by atoms with Crippen molar-refractivity contribution in [1.29, 1.82) is 0 Å². The largest absolute Gasteiger partial charge is 0.465 e. The molecule has 0 unspecified atom stereocenters. The minimum Gasteiger partial charge on any atom is -0.465 e. The summed E-state index contributed by atoms with van der Waals surface area (Å²) in [6.07, 6.45) is 1.59. The summed E-state index contributed by atoms with van der Waals surface area (Å²) in [5, 5.41) is 7.16. The van der Waals surface area contributed by atoms with Crippen LogP contribution < -0.4 is 10.6 Å². The van der Waals surface area contributed by atoms with Crippen LogP contribution in [0, 0.1) is 0 Å². The van der Waals surface area contributed by atoms with Gasteiger partial charge in [0.25, 0.3) is 0 Å². The summed E-state index contributed by atoms with van der Waals surface area (Å²) < 4.78 is 4.78. The van der Waals surface area contributed by atoms with Crippen molar-refractivity contribution in [3.05, 3.63) is 70.3 Å². The number of anilines is 4. The quantitative estimate of drug-likeness (QED) is 0.595. The molecule has 2 N–H and O–H groups in total. The van der Waals surface area contributed by atoms with Crippen molar-refractivity contribution in [2.24, 2.45) is 0 Å². The summed E-state index contributed by atoms with van der Waals surface area (Å²) in [5.41, 5.74) is 1.63. The van der Waals surface area contributed by atoms with Gasteiger partial charge in [0, 0.05) is 21.9 Å². The van der Waals surface area contributed by atoms with Gasteiger partial charge in [-0.15, -0.1) is 0 Å². The van der Waals surface area contributed by atoms with Gasteiger partial charge in [0.05, 0.1) is 18.4 Å². The third-order valence-corrected chi connectivity index (χ3v) is 3.81. The van der Waals surface area contributed by atoms with Crippen molar-refractivity contribution in [3.8, 4) is 0 Å². The molecule has 0 spiro atoms. The van der Waals surface area contributed by atoms with Crippen LogP contribution in [0.1, 0.15) is 10.4 Å². The maximum Gasteiger partial charge on any atom is 0.339 e. The molecule has 2 aromatic carbocycles. The Morgan fingerprint density at radius 3 is 2.50 bits per heavy atom. The van der Waals surface area contributed by atoms with E-state index in [0.717, 1.165) is 0 Å². The van der Waals surface area contributed by atoms with E-state index in [0.29, 0.717) is 38.7 Å². The smallest absolute Gasteiger partial charge is 0.339 e. The molecule has 0 fully saturated rings. The molecular formula is C18H14Cl2N4O2. The molecule has 0 radical (unpaired) electrons. The fourth-order valence-electron chi connectivity index (χ4n) is 2.26. The second-order valence-electron chi connectivity index (χ2n) is 5.21. The highest BCUT2D eigenvalue weighted by atomic mass is 35.5. The minimum atomic E-state index is -0.448. The van der Waals surface area contributed by atoms with Crippen molar-refractivity contribution in [2.75, 3.05) is 17.7 Å². The van der Waals surface area contributed by atoms with Gasteiger partial charge >= 0.3 is 5.97 Å². The molecule has 6 nitrogen and oxygen atoms in total. The maximum atomic E-state index is 11.9. The summed E-state index contributed by atoms with van der Waals surface area (Å²) in [7, 11) is 1.33. The van der Waals surface area contributed by atoms with Crippen LogP contribution in [0.15, 0.2) is 54.7 Å². The van der Waals surface area contributed by atoms with Crippen LogP contribution >= 0.6 is 23.2 Å². The van der Waals surface area contributed by atoms with Gasteiger partial charge in [0.1, 0.15) is 5.82 Å². The Morgan fingerprint density at radius 2 is 1.77 bits per heavy atom. The maximum absolute atomic E-state index is 11.9. The fourth-order valence-corrected chi connectivity index (χ4v) is 2.79. The van der Waals surface area contributed by atoms with Crippen LogP contribution in [-0.4, -0.2) is 23.0 Å². The lowest BCUT2D eigenvalue weighted by Crippen LogP contribution is -2.07. The van der Waals surface area contributed by atoms with Gasteiger partial charge in [-0.2, -0.15) is 4.98 Å². The molecule has 1 aromatic heterocycles. The predicted octanol–water partition coefficient (Wildman–Crippen LogP) is 5.06. The predicted molar refractivity (Wildman–Crippen MR) is 103 cm³/mol. The van der Waals surface area contributed by atoms with E-state index in [1.165, 1.54) is 7.11 Å². The molecular weight excluding hydrogens is 375 g/mol. The summed E-state index contributed by atoms with van der Waals surface area (Å²) in [5.74, 6) is 0.409. The number of nitrogens with one attached hydrogen (secondary N) is 2. The number of rotatable bonds is 5. The fraction of sp³-hybridized carbons (Fsp3) is 0.0556. The van der Waals surface area contributed by atoms with Gasteiger partial charge in [0.15, 0.2) is 0 Å². The number of methoxy groups -OCH3 is 1. The van der Waals surface area contributed by atoms with Gasteiger partial charge in [-0.3, -0.25) is 0 Å². The Hall–Kier alpha value is -2.83. The normalized spacial score (nSPS) is 10.3. The highest BCUT2D eigenvalue weighted by molar-refractivity contribution is 6.35. The molecule has 0 bridgehead atoms. The molecule has 8 heteroatoms. The molecule has 0 saturated heterocycles. The monoisotopic (exact) mass is 388 g/mol. The molecule has 0 saturated carbocycles. The van der Waals surface area contributed by atoms with Crippen LogP contribution in [0.4, 0.5) is 23.1 Å². The second-order valence-corrected chi connectivity index (χ2v) is 6.08. The first kappa shape index (κ1) is 18.0. The summed E-state index contributed by atoms with van der Waals surface area (Å²) in [6.45, 7) is 0. The van der Waals surface area contributed by atoms with E-state index in [9.17, 15) is 4.79 Å². The van der Waals surface area contributed by atoms with Crippen molar-refractivity contribution < 1.29 is 9.53 Å². The van der Waals surface area contributed by atoms with Gasteiger partial charge in [0.2, 0.25) is 5.95 Å². The Bertz CT molecular complexity index is 930. The highest BCUT2D eigenvalue weighted by Gasteiger charge is 2.12. The number of halogens is 2. The zero-order valence-corrected chi connectivity index (χ0v) is 15.2. The molecule has 0 aliphatic rings. The van der Waals surface area contributed by atoms with E-state index in [1.54, 1.807) is 54.7 Å². The zero-order valence-electron chi connectivity index (χ0n) is 13.7. The van der Waals surface area contributed by atoms with Crippen LogP contribution in [0.3, 0.4) is 0 Å². The van der Waals surface area contributed by atoms with Crippen LogP contribution in [0.5, 0.6) is 0 Å². The number of nitrogens with zero attached hydrogens (tertiary/aromatic N) is 2. The Balaban J connectivity index is 1.83. The summed E-state index contributed by atoms with van der Waals surface area (Å²) >= 11 is 12.0. The Morgan fingerprint density at radius 1 is 1.04 bits per heavy atom. The third-order valence-electron chi connectivity index (χ3n) is 3.37. The Kier molecular flexibility index (Phi) is 5.55. The average Bonchev–Trinajstić information content (AvgIpc) is 2.61. The molecule has 0 aliphatic carbocycles. The van der Waals surface area contributed by atoms with Crippen molar-refractivity contribution in [1.82, 2.24) is 9.97 Å². The number of hydrogen-bond acceptors (Lipinski definition) is 6. The molecule has 0 amide bonds. The average molecular weight is 389 g/mol. The van der Waals surface area contributed by atoms with Crippen molar-refractivity contribution in [3.63, 3.8) is 0 Å². The number of aromatic nitrogens is 2. The number of benzene rings is 2. The molecule has 26 heavy (non-hydrogen) atoms. The van der Waals surface area contributed by atoms with E-state index in [1.807, 2.05) is 0 Å². The first-order valence-corrected chi connectivity index (χ1v) is 8.31. The highest BCUT2D eigenvalue weighted by Crippen LogP contribution is 2.25. The number of hydrogen-bond donors (Lipinski definition) is 2. The van der Waals surface area contributed by atoms with E-state index < -0.39 is 5.97 Å². The molecule has 132 valence electrons. The van der Waals surface area contributed by atoms with E-state index in [-0.39, 0.29) is 0 Å². The van der Waals surface area contributed by atoms with Gasteiger partial charge in [-0.25, -0.2) is 9.78 Å². The molecule has 1 heterocycles. The molecule has 0 atom stereocenters. The van der Waals surface area contributed by atoms with Crippen molar-refractivity contribution in [2.45, 2.75) is 0 Å². The standard InChI is InChI=1S/C18H14Cl2N4O2/c1-26-17(25)14-4-2-3-5-15(14)23-18-21-7-6-16(24-18)22-13-9-11(19)8-12(20)10-13/h2-10H,1H3,(H2,21,22,23,24). The number of carbonyl (C=O) groups is 1. The van der Waals surface area contributed by atoms with Gasteiger partial charge in [-0.1, -0.05) is 35.3 Å². The van der Waals surface area contributed by atoms with E-state index in [2.05, 4.69) is 20.6 Å². The second kappa shape index (κ2) is 8.03. The summed E-state index contributed by atoms with van der Waals surface area (Å²) in [4.78, 5) is 20.4. The van der Waals surface area contributed by atoms with E-state index in [4.69, 9.17) is 27.9 Å². The van der Waals surface area contributed by atoms with Gasteiger partial charge in [-0.05, 0) is 36.4 Å². The number of carbonyl (C=O) groups excluding carboxylic acids is 1. The lowest BCUT2D eigenvalue weighted by atomic mass is 10.2. The first-order valence-electron chi connectivity index (χ1n) is 7.55. The van der Waals surface area contributed by atoms with Crippen LogP contribution in [0.2, 0.25) is 10.0 Å². The topological polar surface area (TPSA) is 76.1 Å². The van der Waals surface area contributed by atoms with Crippen molar-refractivity contribution >= 4 is 52.3 Å². The summed E-state index contributed by atoms with van der Waals surface area (Å²) in [6, 6.07) is 13.8. The molecule has 3 rings (SSSR count). The number of ether oxygens (including phenoxy) is 1. The van der Waals surface area contributed by atoms with Crippen LogP contribution in [0.25, 0.3) is 0 Å². The van der Waals surface area contributed by atoms with Gasteiger partial charge < -0.3 is 15.4 Å². The SMILES string of the molecule is COC(=O)c1ccccc1Nc1nccc(Nc2cc(Cl)cc(Cl)c2)n1. The number of para-hydroxylation sites is 1. The van der Waals surface area contributed by atoms with Crippen LogP contribution in [-0.2, 0) is 4.74 Å². The Labute approximate surface area is 160 Å². The first-order chi connectivity index (χ1) is 12.5. The minimum absolute atomic E-state index is 0.319. The third kappa shape index (κ3) is 4.41. The number of esters is 1. The molecule has 3 aromatic rings. The zero-order chi connectivity index (χ0) is 18.5. The lowest BCUT2D eigenvalue weighted by molar-refractivity contribution is 0.0602. The van der Waals surface area contributed by atoms with E-state index >= 15 is 0 Å².